The molecule has 0 spiro atoms. The molecule has 0 atom stereocenters. The van der Waals surface area contributed by atoms with Crippen LogP contribution >= 0.6 is 23.1 Å². The second kappa shape index (κ2) is 7.53. The van der Waals surface area contributed by atoms with Gasteiger partial charge in [-0.3, -0.25) is 0 Å². The first-order valence-corrected chi connectivity index (χ1v) is 10.2. The van der Waals surface area contributed by atoms with E-state index in [-0.39, 0.29) is 0 Å². The largest absolute Gasteiger partial charge is 0.364 e. The van der Waals surface area contributed by atoms with Crippen LogP contribution in [-0.2, 0) is 12.2 Å². The molecule has 0 radical (unpaired) electrons. The number of thioether (sulfide) groups is 1. The highest BCUT2D eigenvalue weighted by Gasteiger charge is 2.23. The lowest BCUT2D eigenvalue weighted by atomic mass is 9.95. The molecule has 0 saturated heterocycles. The SMILES string of the molecule is c1csc(Cc2nnc(SCc3ccon3)n2C2CCCCC2)c1. The van der Waals surface area contributed by atoms with Crippen LogP contribution in [0.1, 0.15) is 54.5 Å². The Morgan fingerprint density at radius 2 is 2.12 bits per heavy atom. The summed E-state index contributed by atoms with van der Waals surface area (Å²) >= 11 is 3.49. The first-order valence-electron chi connectivity index (χ1n) is 8.38. The van der Waals surface area contributed by atoms with Gasteiger partial charge in [-0.25, -0.2) is 0 Å². The van der Waals surface area contributed by atoms with Crippen LogP contribution < -0.4 is 0 Å². The molecule has 7 heteroatoms. The number of hydrogen-bond donors (Lipinski definition) is 0. The maximum atomic E-state index is 4.92. The van der Waals surface area contributed by atoms with E-state index in [4.69, 9.17) is 4.52 Å². The Labute approximate surface area is 149 Å². The highest BCUT2D eigenvalue weighted by atomic mass is 32.2. The fourth-order valence-electron chi connectivity index (χ4n) is 3.25. The summed E-state index contributed by atoms with van der Waals surface area (Å²) in [4.78, 5) is 1.34. The standard InChI is InChI=1S/C17H20N4OS2/c1-2-5-14(6-3-1)21-16(11-15-7-4-10-23-15)18-19-17(21)24-12-13-8-9-22-20-13/h4,7-10,14H,1-3,5-6,11-12H2. The van der Waals surface area contributed by atoms with Gasteiger partial charge in [0.15, 0.2) is 5.16 Å². The summed E-state index contributed by atoms with van der Waals surface area (Å²) in [5.74, 6) is 1.85. The predicted octanol–water partition coefficient (Wildman–Crippen LogP) is 4.72. The van der Waals surface area contributed by atoms with Gasteiger partial charge in [0.2, 0.25) is 0 Å². The summed E-state index contributed by atoms with van der Waals surface area (Å²) in [6.45, 7) is 0. The quantitative estimate of drug-likeness (QED) is 0.596. The second-order valence-electron chi connectivity index (χ2n) is 6.10. The molecular formula is C17H20N4OS2. The normalized spacial score (nSPS) is 15.8. The summed E-state index contributed by atoms with van der Waals surface area (Å²) in [7, 11) is 0. The number of nitrogens with zero attached hydrogens (tertiary/aromatic N) is 4. The summed E-state index contributed by atoms with van der Waals surface area (Å²) in [5.41, 5.74) is 0.943. The molecule has 0 aliphatic heterocycles. The van der Waals surface area contributed by atoms with Crippen LogP contribution in [0.25, 0.3) is 0 Å². The zero-order valence-electron chi connectivity index (χ0n) is 13.4. The van der Waals surface area contributed by atoms with Crippen LogP contribution in [0.3, 0.4) is 0 Å². The van der Waals surface area contributed by atoms with E-state index in [9.17, 15) is 0 Å². The van der Waals surface area contributed by atoms with Crippen LogP contribution in [0, 0.1) is 0 Å². The molecule has 1 aliphatic carbocycles. The van der Waals surface area contributed by atoms with Gasteiger partial charge in [0, 0.05) is 29.2 Å². The Bertz CT molecular complexity index is 746. The molecule has 3 aromatic heterocycles. The zero-order chi connectivity index (χ0) is 16.2. The van der Waals surface area contributed by atoms with Gasteiger partial charge in [0.1, 0.15) is 12.1 Å². The topological polar surface area (TPSA) is 56.7 Å². The molecule has 3 aromatic rings. The summed E-state index contributed by atoms with van der Waals surface area (Å²) in [6.07, 6.45) is 8.89. The first-order chi connectivity index (χ1) is 11.9. The van der Waals surface area contributed by atoms with E-state index < -0.39 is 0 Å². The van der Waals surface area contributed by atoms with Crippen molar-refractivity contribution in [1.29, 1.82) is 0 Å². The third-order valence-corrected chi connectivity index (χ3v) is 6.28. The molecule has 0 N–H and O–H groups in total. The van der Waals surface area contributed by atoms with Gasteiger partial charge in [-0.15, -0.1) is 21.5 Å². The summed E-state index contributed by atoms with van der Waals surface area (Å²) < 4.78 is 7.31. The van der Waals surface area contributed by atoms with Crippen molar-refractivity contribution >= 4 is 23.1 Å². The van der Waals surface area contributed by atoms with Crippen molar-refractivity contribution in [2.75, 3.05) is 0 Å². The molecule has 24 heavy (non-hydrogen) atoms. The Morgan fingerprint density at radius 3 is 2.88 bits per heavy atom. The van der Waals surface area contributed by atoms with Crippen LogP contribution in [0.2, 0.25) is 0 Å². The molecule has 1 fully saturated rings. The van der Waals surface area contributed by atoms with Crippen LogP contribution in [0.15, 0.2) is 39.5 Å². The molecule has 0 amide bonds. The molecule has 0 bridgehead atoms. The van der Waals surface area contributed by atoms with Gasteiger partial charge < -0.3 is 9.09 Å². The summed E-state index contributed by atoms with van der Waals surface area (Å²) in [5, 5.41) is 16.1. The van der Waals surface area contributed by atoms with Crippen LogP contribution in [0.4, 0.5) is 0 Å². The lowest BCUT2D eigenvalue weighted by molar-refractivity contribution is 0.330. The second-order valence-corrected chi connectivity index (χ2v) is 8.07. The first kappa shape index (κ1) is 15.9. The van der Waals surface area contributed by atoms with Crippen molar-refractivity contribution in [1.82, 2.24) is 19.9 Å². The van der Waals surface area contributed by atoms with Crippen molar-refractivity contribution in [2.45, 2.75) is 55.5 Å². The maximum Gasteiger partial charge on any atom is 0.191 e. The van der Waals surface area contributed by atoms with E-state index in [1.54, 1.807) is 29.4 Å². The third kappa shape index (κ3) is 3.57. The van der Waals surface area contributed by atoms with Gasteiger partial charge in [-0.1, -0.05) is 42.2 Å². The van der Waals surface area contributed by atoms with Crippen molar-refractivity contribution in [3.05, 3.63) is 46.2 Å². The minimum atomic E-state index is 0.531. The number of thiophene rings is 1. The van der Waals surface area contributed by atoms with E-state index in [1.807, 2.05) is 6.07 Å². The van der Waals surface area contributed by atoms with Gasteiger partial charge in [0.05, 0.1) is 5.69 Å². The average molecular weight is 361 g/mol. The van der Waals surface area contributed by atoms with Gasteiger partial charge in [0.25, 0.3) is 0 Å². The molecule has 5 nitrogen and oxygen atoms in total. The molecule has 1 saturated carbocycles. The van der Waals surface area contributed by atoms with E-state index in [0.717, 1.165) is 28.8 Å². The maximum absolute atomic E-state index is 4.92. The van der Waals surface area contributed by atoms with Gasteiger partial charge in [-0.05, 0) is 24.3 Å². The Kier molecular flexibility index (Phi) is 4.99. The predicted molar refractivity (Wildman–Crippen MR) is 95.3 cm³/mol. The Balaban J connectivity index is 1.58. The number of rotatable bonds is 6. The van der Waals surface area contributed by atoms with Crippen molar-refractivity contribution in [2.24, 2.45) is 0 Å². The van der Waals surface area contributed by atoms with Gasteiger partial charge in [-0.2, -0.15) is 0 Å². The fraction of sp³-hybridized carbons (Fsp3) is 0.471. The molecule has 0 unspecified atom stereocenters. The van der Waals surface area contributed by atoms with Crippen molar-refractivity contribution in [3.8, 4) is 0 Å². The van der Waals surface area contributed by atoms with Crippen LogP contribution in [-0.4, -0.2) is 19.9 Å². The number of aromatic nitrogens is 4. The monoisotopic (exact) mass is 360 g/mol. The molecule has 0 aromatic carbocycles. The molecule has 126 valence electrons. The molecule has 4 rings (SSSR count). The lowest BCUT2D eigenvalue weighted by Crippen LogP contribution is -2.16. The third-order valence-electron chi connectivity index (χ3n) is 4.43. The fourth-order valence-corrected chi connectivity index (χ4v) is 4.87. The smallest absolute Gasteiger partial charge is 0.191 e. The Hall–Kier alpha value is -1.60. The minimum Gasteiger partial charge on any atom is -0.364 e. The summed E-state index contributed by atoms with van der Waals surface area (Å²) in [6, 6.07) is 6.71. The molecule has 3 heterocycles. The van der Waals surface area contributed by atoms with E-state index in [2.05, 4.69) is 37.4 Å². The molecule has 1 aliphatic rings. The van der Waals surface area contributed by atoms with Crippen molar-refractivity contribution < 1.29 is 4.52 Å². The Morgan fingerprint density at radius 1 is 1.21 bits per heavy atom. The van der Waals surface area contributed by atoms with E-state index in [1.165, 1.54) is 37.0 Å². The number of hydrogen-bond acceptors (Lipinski definition) is 6. The van der Waals surface area contributed by atoms with E-state index >= 15 is 0 Å². The highest BCUT2D eigenvalue weighted by molar-refractivity contribution is 7.98. The lowest BCUT2D eigenvalue weighted by Gasteiger charge is -2.25. The highest BCUT2D eigenvalue weighted by Crippen LogP contribution is 2.34. The van der Waals surface area contributed by atoms with E-state index in [0.29, 0.717) is 6.04 Å². The van der Waals surface area contributed by atoms with Gasteiger partial charge >= 0.3 is 0 Å². The molecular weight excluding hydrogens is 340 g/mol. The van der Waals surface area contributed by atoms with Crippen LogP contribution in [0.5, 0.6) is 0 Å². The zero-order valence-corrected chi connectivity index (χ0v) is 15.1. The average Bonchev–Trinajstić information content (AvgIpc) is 3.37. The minimum absolute atomic E-state index is 0.531. The van der Waals surface area contributed by atoms with Crippen molar-refractivity contribution in [3.63, 3.8) is 0 Å².